The van der Waals surface area contributed by atoms with Gasteiger partial charge in [-0.25, -0.2) is 0 Å². The van der Waals surface area contributed by atoms with Gasteiger partial charge in [-0.1, -0.05) is 18.6 Å². The Hall–Kier alpha value is -1.36. The van der Waals surface area contributed by atoms with E-state index in [0.717, 1.165) is 19.3 Å². The molecule has 19 heavy (non-hydrogen) atoms. The summed E-state index contributed by atoms with van der Waals surface area (Å²) in [7, 11) is 0. The fraction of sp³-hybridized carbons (Fsp3) is 0.714. The Morgan fingerprint density at radius 1 is 1.37 bits per heavy atom. The summed E-state index contributed by atoms with van der Waals surface area (Å²) in [6.45, 7) is 2.19. The Balaban J connectivity index is 2.22. The van der Waals surface area contributed by atoms with E-state index in [1.165, 1.54) is 18.4 Å². The number of allylic oxidation sites excluding steroid dienone is 1. The molecule has 0 aromatic carbocycles. The minimum absolute atomic E-state index is 0.150. The topological polar surface area (TPSA) is 78.4 Å². The predicted octanol–water partition coefficient (Wildman–Crippen LogP) is 0.880. The molecule has 0 aromatic heterocycles. The average molecular weight is 268 g/mol. The molecule has 0 aliphatic heterocycles. The molecule has 1 aliphatic rings. The molecule has 0 heterocycles. The maximum Gasteiger partial charge on any atom is 0.309 e. The molecule has 108 valence electrons. The molecule has 0 aromatic rings. The summed E-state index contributed by atoms with van der Waals surface area (Å²) in [6.07, 6.45) is 8.34. The number of rotatable bonds is 6. The van der Waals surface area contributed by atoms with Crippen LogP contribution in [-0.4, -0.2) is 36.1 Å². The largest absolute Gasteiger partial charge is 0.394 e. The van der Waals surface area contributed by atoms with Crippen LogP contribution >= 0.6 is 0 Å². The van der Waals surface area contributed by atoms with Gasteiger partial charge in [0.1, 0.15) is 0 Å². The maximum atomic E-state index is 11.5. The first-order chi connectivity index (χ1) is 9.17. The van der Waals surface area contributed by atoms with Crippen LogP contribution in [0.2, 0.25) is 0 Å². The number of aliphatic hydroxyl groups is 1. The van der Waals surface area contributed by atoms with E-state index in [2.05, 4.69) is 16.7 Å². The van der Waals surface area contributed by atoms with Crippen molar-refractivity contribution >= 4 is 11.8 Å². The molecular formula is C14H24N2O3. The summed E-state index contributed by atoms with van der Waals surface area (Å²) >= 11 is 0. The molecule has 0 saturated heterocycles. The van der Waals surface area contributed by atoms with Gasteiger partial charge in [-0.3, -0.25) is 9.59 Å². The van der Waals surface area contributed by atoms with Gasteiger partial charge in [-0.05, 0) is 38.5 Å². The lowest BCUT2D eigenvalue weighted by molar-refractivity contribution is -0.139. The molecule has 0 bridgehead atoms. The second kappa shape index (κ2) is 8.69. The SMILES string of the molecule is CC[C@H](CO)NC(=O)C(=O)NCCC1=CCCCC1. The molecule has 0 fully saturated rings. The summed E-state index contributed by atoms with van der Waals surface area (Å²) in [4.78, 5) is 23.0. The highest BCUT2D eigenvalue weighted by molar-refractivity contribution is 6.35. The number of hydrogen-bond acceptors (Lipinski definition) is 3. The number of amides is 2. The first-order valence-corrected chi connectivity index (χ1v) is 7.04. The zero-order valence-electron chi connectivity index (χ0n) is 11.6. The molecule has 1 atom stereocenters. The quantitative estimate of drug-likeness (QED) is 0.494. The van der Waals surface area contributed by atoms with Gasteiger partial charge in [-0.2, -0.15) is 0 Å². The van der Waals surface area contributed by atoms with E-state index >= 15 is 0 Å². The van der Waals surface area contributed by atoms with E-state index in [0.29, 0.717) is 13.0 Å². The first-order valence-electron chi connectivity index (χ1n) is 7.04. The van der Waals surface area contributed by atoms with Crippen LogP contribution in [0.5, 0.6) is 0 Å². The fourth-order valence-corrected chi connectivity index (χ4v) is 2.08. The van der Waals surface area contributed by atoms with Crippen LogP contribution in [0.3, 0.4) is 0 Å². The van der Waals surface area contributed by atoms with Crippen molar-refractivity contribution in [2.45, 2.75) is 51.5 Å². The molecule has 0 unspecified atom stereocenters. The highest BCUT2D eigenvalue weighted by Gasteiger charge is 2.16. The second-order valence-corrected chi connectivity index (χ2v) is 4.88. The van der Waals surface area contributed by atoms with Gasteiger partial charge in [-0.15, -0.1) is 0 Å². The molecule has 3 N–H and O–H groups in total. The Bertz CT molecular complexity index is 336. The van der Waals surface area contributed by atoms with Gasteiger partial charge in [0.05, 0.1) is 12.6 Å². The van der Waals surface area contributed by atoms with Gasteiger partial charge in [0.25, 0.3) is 0 Å². The van der Waals surface area contributed by atoms with Crippen LogP contribution in [0.4, 0.5) is 0 Å². The Labute approximate surface area is 114 Å². The van der Waals surface area contributed by atoms with E-state index in [-0.39, 0.29) is 12.6 Å². The Morgan fingerprint density at radius 3 is 2.74 bits per heavy atom. The van der Waals surface area contributed by atoms with Gasteiger partial charge < -0.3 is 15.7 Å². The number of carbonyl (C=O) groups excluding carboxylic acids is 2. The van der Waals surface area contributed by atoms with E-state index in [9.17, 15) is 9.59 Å². The van der Waals surface area contributed by atoms with Crippen molar-refractivity contribution in [2.24, 2.45) is 0 Å². The summed E-state index contributed by atoms with van der Waals surface area (Å²) in [6, 6.07) is -0.348. The lowest BCUT2D eigenvalue weighted by atomic mass is 9.97. The predicted molar refractivity (Wildman–Crippen MR) is 73.5 cm³/mol. The van der Waals surface area contributed by atoms with Crippen LogP contribution in [-0.2, 0) is 9.59 Å². The molecule has 0 spiro atoms. The van der Waals surface area contributed by atoms with E-state index < -0.39 is 11.8 Å². The number of hydrogen-bond donors (Lipinski definition) is 3. The molecule has 1 aliphatic carbocycles. The van der Waals surface area contributed by atoms with Gasteiger partial charge in [0, 0.05) is 6.54 Å². The van der Waals surface area contributed by atoms with Crippen LogP contribution in [0, 0.1) is 0 Å². The highest BCUT2D eigenvalue weighted by Crippen LogP contribution is 2.19. The lowest BCUT2D eigenvalue weighted by Crippen LogP contribution is -2.45. The van der Waals surface area contributed by atoms with E-state index in [1.807, 2.05) is 6.92 Å². The van der Waals surface area contributed by atoms with Crippen molar-refractivity contribution in [1.29, 1.82) is 0 Å². The van der Waals surface area contributed by atoms with Crippen molar-refractivity contribution in [2.75, 3.05) is 13.2 Å². The zero-order valence-corrected chi connectivity index (χ0v) is 11.6. The molecule has 5 heteroatoms. The highest BCUT2D eigenvalue weighted by atomic mass is 16.3. The third-order valence-corrected chi connectivity index (χ3v) is 3.37. The van der Waals surface area contributed by atoms with Crippen LogP contribution < -0.4 is 10.6 Å². The summed E-state index contributed by atoms with van der Waals surface area (Å²) in [5.74, 6) is -1.29. The van der Waals surface area contributed by atoms with Crippen LogP contribution in [0.15, 0.2) is 11.6 Å². The molecule has 5 nitrogen and oxygen atoms in total. The first kappa shape index (κ1) is 15.7. The minimum atomic E-state index is -0.668. The summed E-state index contributed by atoms with van der Waals surface area (Å²) in [5.41, 5.74) is 1.37. The van der Waals surface area contributed by atoms with Crippen LogP contribution in [0.1, 0.15) is 45.4 Å². The monoisotopic (exact) mass is 268 g/mol. The van der Waals surface area contributed by atoms with Crippen molar-refractivity contribution in [3.8, 4) is 0 Å². The Morgan fingerprint density at radius 2 is 2.16 bits per heavy atom. The second-order valence-electron chi connectivity index (χ2n) is 4.88. The molecular weight excluding hydrogens is 244 g/mol. The third kappa shape index (κ3) is 5.87. The molecule has 0 saturated carbocycles. The van der Waals surface area contributed by atoms with Gasteiger partial charge >= 0.3 is 11.8 Å². The zero-order chi connectivity index (χ0) is 14.1. The van der Waals surface area contributed by atoms with Gasteiger partial charge in [0.15, 0.2) is 0 Å². The van der Waals surface area contributed by atoms with Crippen LogP contribution in [0.25, 0.3) is 0 Å². The molecule has 2 amide bonds. The van der Waals surface area contributed by atoms with Crippen molar-refractivity contribution in [3.63, 3.8) is 0 Å². The normalized spacial score (nSPS) is 16.4. The maximum absolute atomic E-state index is 11.5. The minimum Gasteiger partial charge on any atom is -0.394 e. The smallest absolute Gasteiger partial charge is 0.309 e. The summed E-state index contributed by atoms with van der Waals surface area (Å²) in [5, 5.41) is 14.0. The number of nitrogens with one attached hydrogen (secondary N) is 2. The Kier molecular flexibility index (Phi) is 7.18. The van der Waals surface area contributed by atoms with Gasteiger partial charge in [0.2, 0.25) is 0 Å². The number of carbonyl (C=O) groups is 2. The average Bonchev–Trinajstić information content (AvgIpc) is 2.45. The molecule has 0 radical (unpaired) electrons. The van der Waals surface area contributed by atoms with Crippen molar-refractivity contribution in [3.05, 3.63) is 11.6 Å². The fourth-order valence-electron chi connectivity index (χ4n) is 2.08. The van der Waals surface area contributed by atoms with Crippen molar-refractivity contribution < 1.29 is 14.7 Å². The number of aliphatic hydroxyl groups excluding tert-OH is 1. The summed E-state index contributed by atoms with van der Waals surface area (Å²) < 4.78 is 0. The molecule has 1 rings (SSSR count). The van der Waals surface area contributed by atoms with E-state index in [1.54, 1.807) is 0 Å². The van der Waals surface area contributed by atoms with Crippen molar-refractivity contribution in [1.82, 2.24) is 10.6 Å². The lowest BCUT2D eigenvalue weighted by Gasteiger charge is -2.15. The van der Waals surface area contributed by atoms with E-state index in [4.69, 9.17) is 5.11 Å². The third-order valence-electron chi connectivity index (χ3n) is 3.37. The standard InChI is InChI=1S/C14H24N2O3/c1-2-12(10-17)16-14(19)13(18)15-9-8-11-6-4-3-5-7-11/h6,12,17H,2-5,7-10H2,1H3,(H,15,18)(H,16,19)/t12-/m1/s1.